The molecule has 0 N–H and O–H groups in total. The number of thiophene rings is 1. The number of benzene rings is 1. The van der Waals surface area contributed by atoms with Crippen LogP contribution in [0.1, 0.15) is 40.9 Å². The number of hydrogen-bond donors (Lipinski definition) is 0. The molecular formula is C15H15Br2FS. The summed E-state index contributed by atoms with van der Waals surface area (Å²) in [4.78, 5) is 2.33. The molecule has 0 saturated heterocycles. The minimum absolute atomic E-state index is 0.105. The lowest BCUT2D eigenvalue weighted by atomic mass is 9.95. The van der Waals surface area contributed by atoms with Crippen LogP contribution in [0.25, 0.3) is 0 Å². The Hall–Kier alpha value is -0.190. The summed E-state index contributed by atoms with van der Waals surface area (Å²) in [7, 11) is 0. The Balaban J connectivity index is 2.36. The summed E-state index contributed by atoms with van der Waals surface area (Å²) in [6.07, 6.45) is 0. The second-order valence-corrected chi connectivity index (χ2v) is 8.43. The molecule has 0 radical (unpaired) electrons. The van der Waals surface area contributed by atoms with E-state index in [0.29, 0.717) is 5.56 Å². The van der Waals surface area contributed by atoms with Crippen molar-refractivity contribution in [3.05, 3.63) is 55.9 Å². The summed E-state index contributed by atoms with van der Waals surface area (Å²) >= 11 is 8.73. The van der Waals surface area contributed by atoms with E-state index in [0.717, 1.165) is 9.35 Å². The molecule has 1 atom stereocenters. The molecule has 0 nitrogen and oxygen atoms in total. The molecule has 0 spiro atoms. The highest BCUT2D eigenvalue weighted by atomic mass is 79.9. The van der Waals surface area contributed by atoms with Crippen LogP contribution in [0.2, 0.25) is 0 Å². The SMILES string of the molecule is CC(C)(C)c1ccc(C(Br)c2cc(Br)ccc2F)s1. The van der Waals surface area contributed by atoms with Crippen molar-refractivity contribution in [1.29, 1.82) is 0 Å². The fraction of sp³-hybridized carbons (Fsp3) is 0.333. The van der Waals surface area contributed by atoms with Gasteiger partial charge in [-0.1, -0.05) is 52.6 Å². The maximum atomic E-state index is 13.9. The van der Waals surface area contributed by atoms with Crippen molar-refractivity contribution in [3.63, 3.8) is 0 Å². The van der Waals surface area contributed by atoms with E-state index in [2.05, 4.69) is 64.8 Å². The fourth-order valence-electron chi connectivity index (χ4n) is 1.75. The first-order valence-electron chi connectivity index (χ1n) is 5.98. The zero-order valence-corrected chi connectivity index (χ0v) is 15.0. The minimum atomic E-state index is -0.184. The Morgan fingerprint density at radius 2 is 1.84 bits per heavy atom. The van der Waals surface area contributed by atoms with E-state index in [4.69, 9.17) is 0 Å². The van der Waals surface area contributed by atoms with Gasteiger partial charge in [-0.3, -0.25) is 0 Å². The minimum Gasteiger partial charge on any atom is -0.207 e. The van der Waals surface area contributed by atoms with E-state index in [1.54, 1.807) is 17.4 Å². The van der Waals surface area contributed by atoms with Crippen LogP contribution in [0.15, 0.2) is 34.8 Å². The summed E-state index contributed by atoms with van der Waals surface area (Å²) in [6.45, 7) is 6.56. The molecule has 1 heterocycles. The third-order valence-corrected chi connectivity index (χ3v) is 6.21. The van der Waals surface area contributed by atoms with Crippen LogP contribution in [0.3, 0.4) is 0 Å². The average molecular weight is 406 g/mol. The largest absolute Gasteiger partial charge is 0.207 e. The number of rotatable bonds is 2. The molecule has 0 saturated carbocycles. The highest BCUT2D eigenvalue weighted by Gasteiger charge is 2.21. The summed E-state index contributed by atoms with van der Waals surface area (Å²) in [5.74, 6) is -0.184. The smallest absolute Gasteiger partial charge is 0.127 e. The van der Waals surface area contributed by atoms with Crippen molar-refractivity contribution in [2.75, 3.05) is 0 Å². The van der Waals surface area contributed by atoms with Gasteiger partial charge in [0, 0.05) is 19.8 Å². The van der Waals surface area contributed by atoms with Crippen molar-refractivity contribution in [1.82, 2.24) is 0 Å². The van der Waals surface area contributed by atoms with E-state index in [9.17, 15) is 4.39 Å². The van der Waals surface area contributed by atoms with Gasteiger partial charge in [0.2, 0.25) is 0 Å². The highest BCUT2D eigenvalue weighted by Crippen LogP contribution is 2.40. The predicted octanol–water partition coefficient (Wildman–Crippen LogP) is 6.43. The molecule has 1 unspecified atom stereocenters. The molecule has 102 valence electrons. The second kappa shape index (κ2) is 5.66. The quantitative estimate of drug-likeness (QED) is 0.504. The predicted molar refractivity (Wildman–Crippen MR) is 87.9 cm³/mol. The van der Waals surface area contributed by atoms with Gasteiger partial charge in [0.05, 0.1) is 4.83 Å². The first-order valence-corrected chi connectivity index (χ1v) is 8.51. The van der Waals surface area contributed by atoms with Crippen LogP contribution in [0.5, 0.6) is 0 Å². The Morgan fingerprint density at radius 3 is 2.42 bits per heavy atom. The summed E-state index contributed by atoms with van der Waals surface area (Å²) in [6, 6.07) is 9.24. The van der Waals surface area contributed by atoms with Crippen molar-refractivity contribution in [2.45, 2.75) is 31.0 Å². The molecule has 2 rings (SSSR count). The van der Waals surface area contributed by atoms with Gasteiger partial charge in [0.1, 0.15) is 5.82 Å². The molecule has 0 aliphatic carbocycles. The van der Waals surface area contributed by atoms with Gasteiger partial charge in [-0.25, -0.2) is 4.39 Å². The lowest BCUT2D eigenvalue weighted by molar-refractivity contribution is 0.604. The summed E-state index contributed by atoms with van der Waals surface area (Å²) in [5.41, 5.74) is 0.794. The molecule has 1 aromatic carbocycles. The standard InChI is InChI=1S/C15H15Br2FS/c1-15(2,3)13-7-6-12(19-13)14(17)10-8-9(16)4-5-11(10)18/h4-8,14H,1-3H3. The van der Waals surface area contributed by atoms with E-state index in [1.807, 2.05) is 6.07 Å². The molecule has 0 fully saturated rings. The lowest BCUT2D eigenvalue weighted by Gasteiger charge is -2.16. The normalized spacial score (nSPS) is 13.6. The van der Waals surface area contributed by atoms with Gasteiger partial charge >= 0.3 is 0 Å². The van der Waals surface area contributed by atoms with E-state index >= 15 is 0 Å². The van der Waals surface area contributed by atoms with Gasteiger partial charge in [0.25, 0.3) is 0 Å². The van der Waals surface area contributed by atoms with Gasteiger partial charge < -0.3 is 0 Å². The van der Waals surface area contributed by atoms with Crippen molar-refractivity contribution >= 4 is 43.2 Å². The molecule has 1 aromatic heterocycles. The fourth-order valence-corrected chi connectivity index (χ4v) is 3.98. The molecule has 2 aromatic rings. The average Bonchev–Trinajstić information content (AvgIpc) is 2.80. The van der Waals surface area contributed by atoms with Gasteiger partial charge in [-0.05, 0) is 35.7 Å². The van der Waals surface area contributed by atoms with Gasteiger partial charge in [-0.15, -0.1) is 11.3 Å². The van der Waals surface area contributed by atoms with Gasteiger partial charge in [-0.2, -0.15) is 0 Å². The first-order chi connectivity index (χ1) is 8.79. The van der Waals surface area contributed by atoms with Crippen LogP contribution in [-0.4, -0.2) is 0 Å². The van der Waals surface area contributed by atoms with E-state index in [-0.39, 0.29) is 16.1 Å². The Labute approximate surface area is 134 Å². The molecule has 0 aliphatic heterocycles. The summed E-state index contributed by atoms with van der Waals surface area (Å²) < 4.78 is 14.8. The van der Waals surface area contributed by atoms with Crippen LogP contribution in [0.4, 0.5) is 4.39 Å². The first kappa shape index (κ1) is 15.2. The topological polar surface area (TPSA) is 0 Å². The van der Waals surface area contributed by atoms with Crippen molar-refractivity contribution in [3.8, 4) is 0 Å². The highest BCUT2D eigenvalue weighted by molar-refractivity contribution is 9.10. The molecule has 4 heteroatoms. The Kier molecular flexibility index (Phi) is 4.53. The number of alkyl halides is 1. The van der Waals surface area contributed by atoms with Crippen LogP contribution < -0.4 is 0 Å². The Bertz CT molecular complexity index is 584. The third kappa shape index (κ3) is 3.47. The molecular weight excluding hydrogens is 391 g/mol. The van der Waals surface area contributed by atoms with Crippen LogP contribution in [0, 0.1) is 5.82 Å². The zero-order valence-electron chi connectivity index (χ0n) is 11.0. The molecule has 0 aliphatic rings. The Morgan fingerprint density at radius 1 is 1.16 bits per heavy atom. The number of halogens is 3. The maximum absolute atomic E-state index is 13.9. The second-order valence-electron chi connectivity index (χ2n) is 5.48. The van der Waals surface area contributed by atoms with Gasteiger partial charge in [0.15, 0.2) is 0 Å². The monoisotopic (exact) mass is 404 g/mol. The van der Waals surface area contributed by atoms with E-state index in [1.165, 1.54) is 10.9 Å². The zero-order chi connectivity index (χ0) is 14.2. The maximum Gasteiger partial charge on any atom is 0.127 e. The van der Waals surface area contributed by atoms with Crippen LogP contribution in [-0.2, 0) is 5.41 Å². The molecule has 0 bridgehead atoms. The van der Waals surface area contributed by atoms with Crippen LogP contribution >= 0.6 is 43.2 Å². The molecule has 0 amide bonds. The molecule has 19 heavy (non-hydrogen) atoms. The number of hydrogen-bond acceptors (Lipinski definition) is 1. The van der Waals surface area contributed by atoms with E-state index < -0.39 is 0 Å². The third-order valence-electron chi connectivity index (χ3n) is 2.85. The van der Waals surface area contributed by atoms with Crippen molar-refractivity contribution in [2.24, 2.45) is 0 Å². The summed E-state index contributed by atoms with van der Waals surface area (Å²) in [5, 5.41) is 0. The lowest BCUT2D eigenvalue weighted by Crippen LogP contribution is -2.07. The van der Waals surface area contributed by atoms with Crippen molar-refractivity contribution < 1.29 is 4.39 Å².